The molecule has 0 spiro atoms. The molecule has 3 rings (SSSR count). The zero-order chi connectivity index (χ0) is 21.9. The number of benzene rings is 1. The molecule has 1 aromatic heterocycles. The number of amides is 2. The third-order valence-corrected chi connectivity index (χ3v) is 7.16. The molecule has 1 aliphatic heterocycles. The van der Waals surface area contributed by atoms with Gasteiger partial charge >= 0.3 is 0 Å². The van der Waals surface area contributed by atoms with Crippen LogP contribution in [-0.2, 0) is 9.84 Å². The van der Waals surface area contributed by atoms with Crippen molar-refractivity contribution in [2.45, 2.75) is 37.5 Å². The van der Waals surface area contributed by atoms with E-state index in [-0.39, 0.29) is 33.9 Å². The van der Waals surface area contributed by atoms with E-state index >= 15 is 0 Å². The van der Waals surface area contributed by atoms with Crippen LogP contribution in [0.2, 0.25) is 0 Å². The first-order chi connectivity index (χ1) is 14.3. The summed E-state index contributed by atoms with van der Waals surface area (Å²) in [5.74, 6) is -0.0912. The van der Waals surface area contributed by atoms with E-state index < -0.39 is 9.84 Å². The summed E-state index contributed by atoms with van der Waals surface area (Å²) in [5, 5.41) is 2.56. The summed E-state index contributed by atoms with van der Waals surface area (Å²) in [6.45, 7) is 4.27. The molecule has 0 radical (unpaired) electrons. The molecule has 8 nitrogen and oxygen atoms in total. The monoisotopic (exact) mass is 430 g/mol. The molecule has 9 heteroatoms. The molecule has 1 saturated heterocycles. The standard InChI is InChI=1S/C21H26N4O4S/c1-4-30(28,29)18-10-6-5-9-16(18)21(27)25-11-7-8-15(13-25)19-23-12-17(14(2)24-19)20(26)22-3/h5-6,9-10,12,15H,4,7-8,11,13H2,1-3H3,(H,22,26)/t15-/m1/s1. The number of aromatic nitrogens is 2. The summed E-state index contributed by atoms with van der Waals surface area (Å²) in [6.07, 6.45) is 3.09. The van der Waals surface area contributed by atoms with Crippen molar-refractivity contribution < 1.29 is 18.0 Å². The number of rotatable bonds is 5. The molecular formula is C21H26N4O4S. The Labute approximate surface area is 176 Å². The molecule has 0 unspecified atom stereocenters. The molecule has 30 heavy (non-hydrogen) atoms. The third kappa shape index (κ3) is 4.35. The van der Waals surface area contributed by atoms with Crippen molar-refractivity contribution in [1.29, 1.82) is 0 Å². The van der Waals surface area contributed by atoms with Gasteiger partial charge in [0.05, 0.1) is 27.5 Å². The highest BCUT2D eigenvalue weighted by Gasteiger charge is 2.30. The molecule has 2 aromatic rings. The van der Waals surface area contributed by atoms with Gasteiger partial charge in [0, 0.05) is 32.3 Å². The van der Waals surface area contributed by atoms with Crippen LogP contribution in [-0.4, -0.2) is 61.0 Å². The van der Waals surface area contributed by atoms with Crippen molar-refractivity contribution in [1.82, 2.24) is 20.2 Å². The molecule has 1 aliphatic rings. The zero-order valence-electron chi connectivity index (χ0n) is 17.4. The van der Waals surface area contributed by atoms with Crippen molar-refractivity contribution in [2.75, 3.05) is 25.9 Å². The number of nitrogens with zero attached hydrogens (tertiary/aromatic N) is 3. The number of hydrogen-bond donors (Lipinski definition) is 1. The lowest BCUT2D eigenvalue weighted by molar-refractivity contribution is 0.0700. The predicted molar refractivity (Wildman–Crippen MR) is 112 cm³/mol. The van der Waals surface area contributed by atoms with Gasteiger partial charge in [-0.1, -0.05) is 19.1 Å². The molecule has 160 valence electrons. The van der Waals surface area contributed by atoms with E-state index in [1.807, 2.05) is 0 Å². The number of sulfone groups is 1. The van der Waals surface area contributed by atoms with Gasteiger partial charge in [-0.05, 0) is 31.9 Å². The molecule has 2 heterocycles. The van der Waals surface area contributed by atoms with Crippen molar-refractivity contribution in [3.05, 3.63) is 53.1 Å². The minimum absolute atomic E-state index is 0.0648. The number of carbonyl (C=O) groups is 2. The van der Waals surface area contributed by atoms with Crippen LogP contribution >= 0.6 is 0 Å². The topological polar surface area (TPSA) is 109 Å². The Bertz CT molecular complexity index is 1070. The maximum Gasteiger partial charge on any atom is 0.255 e. The zero-order valence-corrected chi connectivity index (χ0v) is 18.2. The molecule has 2 amide bonds. The van der Waals surface area contributed by atoms with Gasteiger partial charge < -0.3 is 10.2 Å². The van der Waals surface area contributed by atoms with E-state index in [4.69, 9.17) is 0 Å². The molecule has 0 saturated carbocycles. The molecular weight excluding hydrogens is 404 g/mol. The van der Waals surface area contributed by atoms with Crippen molar-refractivity contribution in [3.8, 4) is 0 Å². The summed E-state index contributed by atoms with van der Waals surface area (Å²) in [7, 11) is -1.96. The van der Waals surface area contributed by atoms with Crippen LogP contribution in [0, 0.1) is 6.92 Å². The summed E-state index contributed by atoms with van der Waals surface area (Å²) in [4.78, 5) is 35.6. The molecule has 1 aromatic carbocycles. The Balaban J connectivity index is 1.85. The lowest BCUT2D eigenvalue weighted by Gasteiger charge is -2.32. The molecule has 1 atom stereocenters. The fourth-order valence-corrected chi connectivity index (χ4v) is 4.74. The quantitative estimate of drug-likeness (QED) is 0.777. The van der Waals surface area contributed by atoms with Gasteiger partial charge in [-0.25, -0.2) is 18.4 Å². The normalized spacial score (nSPS) is 16.9. The minimum atomic E-state index is -3.51. The second kappa shape index (κ2) is 8.91. The van der Waals surface area contributed by atoms with Crippen molar-refractivity contribution in [3.63, 3.8) is 0 Å². The van der Waals surface area contributed by atoms with Crippen molar-refractivity contribution in [2.24, 2.45) is 0 Å². The number of piperidine rings is 1. The van der Waals surface area contributed by atoms with Crippen LogP contribution in [0.3, 0.4) is 0 Å². The van der Waals surface area contributed by atoms with E-state index in [0.29, 0.717) is 30.2 Å². The largest absolute Gasteiger partial charge is 0.355 e. The Morgan fingerprint density at radius 2 is 1.97 bits per heavy atom. The highest BCUT2D eigenvalue weighted by Crippen LogP contribution is 2.27. The SMILES string of the molecule is CCS(=O)(=O)c1ccccc1C(=O)N1CCC[C@@H](c2ncc(C(=O)NC)c(C)n2)C1. The smallest absolute Gasteiger partial charge is 0.255 e. The molecule has 1 N–H and O–H groups in total. The van der Waals surface area contributed by atoms with Crippen molar-refractivity contribution >= 4 is 21.7 Å². The van der Waals surface area contributed by atoms with Crippen LogP contribution in [0.5, 0.6) is 0 Å². The molecule has 1 fully saturated rings. The van der Waals surface area contributed by atoms with Gasteiger partial charge in [0.15, 0.2) is 9.84 Å². The van der Waals surface area contributed by atoms with Gasteiger partial charge in [0.2, 0.25) is 0 Å². The number of hydrogen-bond acceptors (Lipinski definition) is 6. The Kier molecular flexibility index (Phi) is 6.50. The van der Waals surface area contributed by atoms with Crippen LogP contribution in [0.25, 0.3) is 0 Å². The highest BCUT2D eigenvalue weighted by atomic mass is 32.2. The van der Waals surface area contributed by atoms with Gasteiger partial charge in [-0.2, -0.15) is 0 Å². The first-order valence-electron chi connectivity index (χ1n) is 9.95. The molecule has 0 aliphatic carbocycles. The average molecular weight is 431 g/mol. The summed E-state index contributed by atoms with van der Waals surface area (Å²) in [6, 6.07) is 6.35. The minimum Gasteiger partial charge on any atom is -0.355 e. The Morgan fingerprint density at radius 1 is 1.23 bits per heavy atom. The first kappa shape index (κ1) is 21.9. The van der Waals surface area contributed by atoms with Crippen LogP contribution < -0.4 is 5.32 Å². The second-order valence-electron chi connectivity index (χ2n) is 7.30. The number of aryl methyl sites for hydroxylation is 1. The average Bonchev–Trinajstić information content (AvgIpc) is 2.78. The maximum absolute atomic E-state index is 13.2. The van der Waals surface area contributed by atoms with E-state index in [0.717, 1.165) is 12.8 Å². The predicted octanol–water partition coefficient (Wildman–Crippen LogP) is 1.96. The lowest BCUT2D eigenvalue weighted by Crippen LogP contribution is -2.40. The van der Waals surface area contributed by atoms with E-state index in [2.05, 4.69) is 15.3 Å². The summed E-state index contributed by atoms with van der Waals surface area (Å²) >= 11 is 0. The van der Waals surface area contributed by atoms with E-state index in [1.165, 1.54) is 12.3 Å². The number of likely N-dealkylation sites (tertiary alicyclic amines) is 1. The number of carbonyl (C=O) groups excluding carboxylic acids is 2. The summed E-state index contributed by atoms with van der Waals surface area (Å²) in [5.41, 5.74) is 1.21. The van der Waals surface area contributed by atoms with Gasteiger partial charge in [-0.15, -0.1) is 0 Å². The van der Waals surface area contributed by atoms with Crippen LogP contribution in [0.4, 0.5) is 0 Å². The van der Waals surface area contributed by atoms with Crippen LogP contribution in [0.1, 0.15) is 57.9 Å². The lowest BCUT2D eigenvalue weighted by atomic mass is 9.96. The second-order valence-corrected chi connectivity index (χ2v) is 9.54. The van der Waals surface area contributed by atoms with Gasteiger partial charge in [0.25, 0.3) is 11.8 Å². The Morgan fingerprint density at radius 3 is 2.63 bits per heavy atom. The van der Waals surface area contributed by atoms with E-state index in [9.17, 15) is 18.0 Å². The summed E-state index contributed by atoms with van der Waals surface area (Å²) < 4.78 is 24.8. The fourth-order valence-electron chi connectivity index (χ4n) is 3.65. The van der Waals surface area contributed by atoms with E-state index in [1.54, 1.807) is 44.0 Å². The maximum atomic E-state index is 13.2. The van der Waals surface area contributed by atoms with Gasteiger partial charge in [0.1, 0.15) is 5.82 Å². The molecule has 0 bridgehead atoms. The highest BCUT2D eigenvalue weighted by molar-refractivity contribution is 7.91. The fraction of sp³-hybridized carbons (Fsp3) is 0.429. The van der Waals surface area contributed by atoms with Crippen LogP contribution in [0.15, 0.2) is 35.4 Å². The third-order valence-electron chi connectivity index (χ3n) is 5.38. The van der Waals surface area contributed by atoms with Gasteiger partial charge in [-0.3, -0.25) is 9.59 Å². The first-order valence-corrected chi connectivity index (χ1v) is 11.6. The Hall–Kier alpha value is -2.81. The number of nitrogens with one attached hydrogen (secondary N) is 1.